The Hall–Kier alpha value is -0.900. The molecule has 1 aromatic rings. The van der Waals surface area contributed by atoms with Crippen molar-refractivity contribution in [2.45, 2.75) is 63.6 Å². The largest absolute Gasteiger partial charge is 0.327 e. The zero-order valence-electron chi connectivity index (χ0n) is 12.8. The maximum absolute atomic E-state index is 6.44. The van der Waals surface area contributed by atoms with Crippen LogP contribution in [0.25, 0.3) is 0 Å². The van der Waals surface area contributed by atoms with Gasteiger partial charge in [0.2, 0.25) is 0 Å². The molecule has 3 rings (SSSR count). The lowest BCUT2D eigenvalue weighted by atomic mass is 9.71. The fourth-order valence-corrected chi connectivity index (χ4v) is 3.98. The number of nitrogens with two attached hydrogens (primary N) is 1. The highest BCUT2D eigenvalue weighted by Crippen LogP contribution is 2.38. The van der Waals surface area contributed by atoms with Crippen molar-refractivity contribution in [2.75, 3.05) is 0 Å². The molecule has 1 aromatic carbocycles. The van der Waals surface area contributed by atoms with E-state index in [2.05, 4.69) is 55.9 Å². The minimum absolute atomic E-state index is 0.293. The van der Waals surface area contributed by atoms with Crippen molar-refractivity contribution in [3.63, 3.8) is 0 Å². The van der Waals surface area contributed by atoms with Gasteiger partial charge in [0.05, 0.1) is 0 Å². The van der Waals surface area contributed by atoms with E-state index in [1.54, 1.807) is 0 Å². The van der Waals surface area contributed by atoms with E-state index < -0.39 is 0 Å². The third-order valence-electron chi connectivity index (χ3n) is 5.20. The number of fused-ring (bicyclic) bond motifs is 1. The third kappa shape index (κ3) is 2.50. The molecule has 0 amide bonds. The van der Waals surface area contributed by atoms with Crippen LogP contribution in [-0.4, -0.2) is 18.1 Å². The maximum atomic E-state index is 6.44. The second kappa shape index (κ2) is 5.47. The fraction of sp³-hybridized carbons (Fsp3) is 0.647. The molecule has 1 heterocycles. The van der Waals surface area contributed by atoms with Crippen LogP contribution in [0.2, 0.25) is 0 Å². The van der Waals surface area contributed by atoms with Gasteiger partial charge < -0.3 is 5.73 Å². The van der Waals surface area contributed by atoms with Gasteiger partial charge in [-0.1, -0.05) is 38.1 Å². The molecule has 5 unspecified atom stereocenters. The van der Waals surface area contributed by atoms with Crippen molar-refractivity contribution in [2.24, 2.45) is 11.7 Å². The Morgan fingerprint density at radius 1 is 1.10 bits per heavy atom. The van der Waals surface area contributed by atoms with Gasteiger partial charge in [0.1, 0.15) is 0 Å². The SMILES string of the molecule is CC(C)c1ccc(C2CC(N)C3C(C)NNC3C2)cc1. The summed E-state index contributed by atoms with van der Waals surface area (Å²) in [6, 6.07) is 10.5. The van der Waals surface area contributed by atoms with Crippen LogP contribution >= 0.6 is 0 Å². The number of rotatable bonds is 2. The van der Waals surface area contributed by atoms with Gasteiger partial charge >= 0.3 is 0 Å². The monoisotopic (exact) mass is 273 g/mol. The first kappa shape index (κ1) is 14.1. The molecular weight excluding hydrogens is 246 g/mol. The average Bonchev–Trinajstić information content (AvgIpc) is 2.81. The lowest BCUT2D eigenvalue weighted by molar-refractivity contribution is 0.246. The molecule has 2 aliphatic rings. The lowest BCUT2D eigenvalue weighted by Crippen LogP contribution is -2.47. The number of hydrogen-bond acceptors (Lipinski definition) is 3. The predicted octanol–water partition coefficient (Wildman–Crippen LogP) is 2.50. The number of nitrogens with one attached hydrogen (secondary N) is 2. The molecule has 0 aromatic heterocycles. The summed E-state index contributed by atoms with van der Waals surface area (Å²) in [6.45, 7) is 6.71. The van der Waals surface area contributed by atoms with E-state index in [1.165, 1.54) is 17.5 Å². The van der Waals surface area contributed by atoms with Gasteiger partial charge in [0.15, 0.2) is 0 Å². The zero-order chi connectivity index (χ0) is 14.3. The fourth-order valence-electron chi connectivity index (χ4n) is 3.98. The summed E-state index contributed by atoms with van der Waals surface area (Å²) in [5.41, 5.74) is 16.1. The normalized spacial score (nSPS) is 37.1. The van der Waals surface area contributed by atoms with Crippen LogP contribution in [0.4, 0.5) is 0 Å². The summed E-state index contributed by atoms with van der Waals surface area (Å²) in [7, 11) is 0. The summed E-state index contributed by atoms with van der Waals surface area (Å²) >= 11 is 0. The Labute approximate surface area is 122 Å². The molecule has 0 radical (unpaired) electrons. The molecule has 5 atom stereocenters. The van der Waals surface area contributed by atoms with Gasteiger partial charge in [-0.25, -0.2) is 0 Å². The molecule has 4 N–H and O–H groups in total. The molecule has 1 aliphatic carbocycles. The summed E-state index contributed by atoms with van der Waals surface area (Å²) < 4.78 is 0. The van der Waals surface area contributed by atoms with Crippen LogP contribution in [0.1, 0.15) is 56.6 Å². The quantitative estimate of drug-likeness (QED) is 0.776. The van der Waals surface area contributed by atoms with Crippen LogP contribution in [-0.2, 0) is 0 Å². The van der Waals surface area contributed by atoms with Crippen LogP contribution in [0.3, 0.4) is 0 Å². The van der Waals surface area contributed by atoms with Gasteiger partial charge in [-0.2, -0.15) is 0 Å². The minimum Gasteiger partial charge on any atom is -0.327 e. The van der Waals surface area contributed by atoms with E-state index in [4.69, 9.17) is 5.73 Å². The molecule has 20 heavy (non-hydrogen) atoms. The number of hydrogen-bond donors (Lipinski definition) is 3. The van der Waals surface area contributed by atoms with E-state index >= 15 is 0 Å². The Bertz CT molecular complexity index is 454. The van der Waals surface area contributed by atoms with Crippen LogP contribution in [0, 0.1) is 5.92 Å². The van der Waals surface area contributed by atoms with Gasteiger partial charge in [0.25, 0.3) is 0 Å². The van der Waals surface area contributed by atoms with Crippen molar-refractivity contribution < 1.29 is 0 Å². The predicted molar refractivity (Wildman–Crippen MR) is 83.5 cm³/mol. The van der Waals surface area contributed by atoms with Crippen LogP contribution in [0.5, 0.6) is 0 Å². The first-order chi connectivity index (χ1) is 9.56. The molecule has 1 saturated carbocycles. The van der Waals surface area contributed by atoms with Gasteiger partial charge in [0, 0.05) is 24.0 Å². The Kier molecular flexibility index (Phi) is 3.85. The highest BCUT2D eigenvalue weighted by atomic mass is 15.4. The first-order valence-corrected chi connectivity index (χ1v) is 7.92. The molecule has 2 fully saturated rings. The van der Waals surface area contributed by atoms with Crippen LogP contribution < -0.4 is 16.6 Å². The summed E-state index contributed by atoms with van der Waals surface area (Å²) in [5.74, 6) is 1.76. The zero-order valence-corrected chi connectivity index (χ0v) is 12.8. The van der Waals surface area contributed by atoms with E-state index in [1.807, 2.05) is 0 Å². The number of hydrazine groups is 1. The third-order valence-corrected chi connectivity index (χ3v) is 5.20. The molecule has 0 bridgehead atoms. The van der Waals surface area contributed by atoms with E-state index in [0.29, 0.717) is 35.9 Å². The Balaban J connectivity index is 1.75. The van der Waals surface area contributed by atoms with E-state index in [9.17, 15) is 0 Å². The van der Waals surface area contributed by atoms with E-state index in [0.717, 1.165) is 6.42 Å². The topological polar surface area (TPSA) is 50.1 Å². The van der Waals surface area contributed by atoms with Crippen LogP contribution in [0.15, 0.2) is 24.3 Å². The Morgan fingerprint density at radius 2 is 1.80 bits per heavy atom. The van der Waals surface area contributed by atoms with Gasteiger partial charge in [-0.3, -0.25) is 10.9 Å². The first-order valence-electron chi connectivity index (χ1n) is 7.92. The minimum atomic E-state index is 0.293. The van der Waals surface area contributed by atoms with E-state index in [-0.39, 0.29) is 0 Å². The van der Waals surface area contributed by atoms with Gasteiger partial charge in [-0.05, 0) is 42.7 Å². The lowest BCUT2D eigenvalue weighted by Gasteiger charge is -2.37. The van der Waals surface area contributed by atoms with Crippen molar-refractivity contribution in [3.05, 3.63) is 35.4 Å². The molecule has 0 spiro atoms. The van der Waals surface area contributed by atoms with Crippen molar-refractivity contribution in [3.8, 4) is 0 Å². The molecular formula is C17H27N3. The maximum Gasteiger partial charge on any atom is 0.0277 e. The standard InChI is InChI=1S/C17H27N3/c1-10(2)12-4-6-13(7-5-12)14-8-15(18)17-11(3)19-20-16(17)9-14/h4-7,10-11,14-17,19-20H,8-9,18H2,1-3H3. The second-order valence-electron chi connectivity index (χ2n) is 6.91. The molecule has 1 saturated heterocycles. The average molecular weight is 273 g/mol. The summed E-state index contributed by atoms with van der Waals surface area (Å²) in [4.78, 5) is 0. The molecule has 110 valence electrons. The number of benzene rings is 1. The molecule has 3 heteroatoms. The molecule has 3 nitrogen and oxygen atoms in total. The van der Waals surface area contributed by atoms with Crippen molar-refractivity contribution >= 4 is 0 Å². The highest BCUT2D eigenvalue weighted by molar-refractivity contribution is 5.28. The molecule has 1 aliphatic heterocycles. The Morgan fingerprint density at radius 3 is 2.45 bits per heavy atom. The van der Waals surface area contributed by atoms with Crippen molar-refractivity contribution in [1.82, 2.24) is 10.9 Å². The van der Waals surface area contributed by atoms with Crippen molar-refractivity contribution in [1.29, 1.82) is 0 Å². The summed E-state index contributed by atoms with van der Waals surface area (Å²) in [6.07, 6.45) is 2.30. The summed E-state index contributed by atoms with van der Waals surface area (Å²) in [5, 5.41) is 0. The highest BCUT2D eigenvalue weighted by Gasteiger charge is 2.42. The van der Waals surface area contributed by atoms with Gasteiger partial charge in [-0.15, -0.1) is 0 Å². The smallest absolute Gasteiger partial charge is 0.0277 e. The second-order valence-corrected chi connectivity index (χ2v) is 6.91.